The van der Waals surface area contributed by atoms with Crippen molar-refractivity contribution in [1.29, 1.82) is 0 Å². The van der Waals surface area contributed by atoms with Gasteiger partial charge in [0, 0.05) is 25.1 Å². The first-order valence-electron chi connectivity index (χ1n) is 15.5. The number of fused-ring (bicyclic) bond motifs is 1. The highest BCUT2D eigenvalue weighted by atomic mass is 19.1. The molecular weight excluding hydrogens is 577 g/mol. The van der Waals surface area contributed by atoms with Gasteiger partial charge in [0.05, 0.1) is 18.9 Å². The molecule has 2 aromatic rings. The molecule has 1 unspecified atom stereocenters. The number of hydrogen-bond acceptors (Lipinski definition) is 8. The van der Waals surface area contributed by atoms with Crippen LogP contribution in [0.2, 0.25) is 0 Å². The number of hydrogen-bond donors (Lipinski definition) is 2. The number of oxazole rings is 1. The highest BCUT2D eigenvalue weighted by Crippen LogP contribution is 2.33. The Bertz CT molecular complexity index is 1510. The van der Waals surface area contributed by atoms with E-state index in [1.54, 1.807) is 24.3 Å². The number of morpholine rings is 1. The van der Waals surface area contributed by atoms with Crippen LogP contribution in [-0.4, -0.2) is 66.9 Å². The summed E-state index contributed by atoms with van der Waals surface area (Å²) in [5.41, 5.74) is 4.62. The number of carbonyl (C=O) groups excluding carboxylic acids is 2. The largest absolute Gasteiger partial charge is 0.481 e. The molecule has 2 N–H and O–H groups in total. The Morgan fingerprint density at radius 2 is 1.87 bits per heavy atom. The molecule has 2 heterocycles. The van der Waals surface area contributed by atoms with E-state index < -0.39 is 11.8 Å². The van der Waals surface area contributed by atoms with Crippen LogP contribution in [0, 0.1) is 11.8 Å². The molecule has 2 fully saturated rings. The Morgan fingerprint density at radius 3 is 2.49 bits per heavy atom. The summed E-state index contributed by atoms with van der Waals surface area (Å²) in [6.45, 7) is 6.08. The van der Waals surface area contributed by atoms with E-state index in [4.69, 9.17) is 14.3 Å². The van der Waals surface area contributed by atoms with Crippen LogP contribution in [0.5, 0.6) is 0 Å². The van der Waals surface area contributed by atoms with Crippen molar-refractivity contribution in [3.63, 3.8) is 0 Å². The summed E-state index contributed by atoms with van der Waals surface area (Å²) >= 11 is 0. The van der Waals surface area contributed by atoms with Crippen molar-refractivity contribution in [3.05, 3.63) is 82.4 Å². The van der Waals surface area contributed by atoms with Crippen molar-refractivity contribution < 1.29 is 33.0 Å². The third-order valence-corrected chi connectivity index (χ3v) is 8.24. The van der Waals surface area contributed by atoms with Crippen molar-refractivity contribution in [2.75, 3.05) is 38.7 Å². The Balaban J connectivity index is 0.000000234. The van der Waals surface area contributed by atoms with Crippen molar-refractivity contribution >= 4 is 35.7 Å². The summed E-state index contributed by atoms with van der Waals surface area (Å²) in [5.74, 6) is -0.362. The first-order valence-corrected chi connectivity index (χ1v) is 15.5. The van der Waals surface area contributed by atoms with Crippen LogP contribution in [-0.2, 0) is 14.3 Å². The molecule has 6 rings (SSSR count). The molecule has 1 saturated heterocycles. The van der Waals surface area contributed by atoms with E-state index in [-0.39, 0.29) is 17.6 Å². The van der Waals surface area contributed by atoms with E-state index in [9.17, 15) is 18.8 Å². The average molecular weight is 620 g/mol. The fraction of sp³-hybridized carbons (Fsp3) is 0.429. The fourth-order valence-electron chi connectivity index (χ4n) is 5.66. The van der Waals surface area contributed by atoms with E-state index in [1.807, 2.05) is 18.2 Å². The number of ether oxygens (including phenoxy) is 1. The van der Waals surface area contributed by atoms with Crippen LogP contribution in [0.1, 0.15) is 62.2 Å². The van der Waals surface area contributed by atoms with E-state index in [0.717, 1.165) is 68.4 Å². The minimum atomic E-state index is -0.637. The van der Waals surface area contributed by atoms with Gasteiger partial charge >= 0.3 is 5.97 Å². The van der Waals surface area contributed by atoms with Crippen LogP contribution in [0.25, 0.3) is 11.1 Å². The number of aliphatic carboxylic acids is 1. The minimum Gasteiger partial charge on any atom is -0.481 e. The fourth-order valence-corrected chi connectivity index (χ4v) is 5.66. The molecule has 0 radical (unpaired) electrons. The molecule has 0 amide bonds. The van der Waals surface area contributed by atoms with Crippen molar-refractivity contribution in [1.82, 2.24) is 9.88 Å². The van der Waals surface area contributed by atoms with Gasteiger partial charge < -0.3 is 24.5 Å². The molecule has 240 valence electrons. The molecule has 1 aliphatic heterocycles. The van der Waals surface area contributed by atoms with Crippen LogP contribution in [0.4, 0.5) is 10.4 Å². The van der Waals surface area contributed by atoms with E-state index in [2.05, 4.69) is 29.2 Å². The second kappa shape index (κ2) is 16.8. The smallest absolute Gasteiger partial charge is 0.303 e. The van der Waals surface area contributed by atoms with Crippen molar-refractivity contribution in [2.24, 2.45) is 11.8 Å². The van der Waals surface area contributed by atoms with Crippen molar-refractivity contribution in [2.45, 2.75) is 51.9 Å². The molecule has 4 aliphatic rings. The van der Waals surface area contributed by atoms with E-state index in [0.29, 0.717) is 41.8 Å². The Hall–Kier alpha value is -4.15. The summed E-state index contributed by atoms with van der Waals surface area (Å²) in [6, 6.07) is 5.06. The molecule has 3 aliphatic carbocycles. The minimum absolute atomic E-state index is 0.151. The van der Waals surface area contributed by atoms with E-state index >= 15 is 0 Å². The van der Waals surface area contributed by atoms with Gasteiger partial charge in [-0.25, -0.2) is 4.39 Å². The zero-order valence-corrected chi connectivity index (χ0v) is 26.0. The standard InChI is InChI=1S/C23H19FN2O3.C7H12O2.C5H11NO/c1-14-10-15(12-27)2-6-18(14)17-4-7-19(24)20(9-5-17)25-23-26-21-8-3-16(13-28)11-22(21)29-23;8-7(9)5-6-3-1-2-4-6;1-6-2-4-7-5-3-6/h2-3,5-9,11-14H,4,10H2,1H3,(H,25,26);6H,1-5H2,(H,8,9);2-5H2,1H3. The number of nitrogens with one attached hydrogen (secondary N) is 1. The zero-order chi connectivity index (χ0) is 32.2. The Labute approximate surface area is 263 Å². The Morgan fingerprint density at radius 1 is 1.11 bits per heavy atom. The molecule has 0 spiro atoms. The van der Waals surface area contributed by atoms with Gasteiger partial charge in [0.15, 0.2) is 5.58 Å². The van der Waals surface area contributed by atoms with Crippen LogP contribution in [0.15, 0.2) is 81.2 Å². The monoisotopic (exact) mass is 619 g/mol. The number of nitrogens with zero attached hydrogens (tertiary/aromatic N) is 2. The first kappa shape index (κ1) is 33.7. The second-order valence-corrected chi connectivity index (χ2v) is 11.8. The quantitative estimate of drug-likeness (QED) is 0.322. The van der Waals surface area contributed by atoms with Gasteiger partial charge in [-0.05, 0) is 91.6 Å². The zero-order valence-electron chi connectivity index (χ0n) is 26.0. The van der Waals surface area contributed by atoms with Gasteiger partial charge in [-0.15, -0.1) is 0 Å². The van der Waals surface area contributed by atoms with E-state index in [1.165, 1.54) is 18.9 Å². The maximum atomic E-state index is 14.6. The summed E-state index contributed by atoms with van der Waals surface area (Å²) in [6.07, 6.45) is 16.7. The number of aromatic nitrogens is 1. The molecule has 1 aromatic heterocycles. The highest BCUT2D eigenvalue weighted by molar-refractivity contribution is 5.84. The first-order chi connectivity index (χ1) is 21.7. The summed E-state index contributed by atoms with van der Waals surface area (Å²) < 4.78 is 25.3. The molecular formula is C35H42FN3O6. The number of likely N-dealkylation sites (N-methyl/N-ethyl adjacent to an activating group) is 1. The maximum absolute atomic E-state index is 14.6. The number of anilines is 1. The number of benzene rings is 1. The van der Waals surface area contributed by atoms with Crippen LogP contribution in [0.3, 0.4) is 0 Å². The number of rotatable bonds is 7. The number of allylic oxidation sites excluding steroid dienone is 9. The normalized spacial score (nSPS) is 20.5. The predicted octanol–water partition coefficient (Wildman–Crippen LogP) is 6.81. The van der Waals surface area contributed by atoms with Gasteiger partial charge in [-0.2, -0.15) is 4.98 Å². The number of aldehydes is 2. The van der Waals surface area contributed by atoms with Gasteiger partial charge in [-0.3, -0.25) is 14.4 Å². The van der Waals surface area contributed by atoms with Crippen molar-refractivity contribution in [3.8, 4) is 0 Å². The Kier molecular flexibility index (Phi) is 12.6. The number of carbonyl (C=O) groups is 3. The number of carboxylic acid groups (broad SMARTS) is 1. The lowest BCUT2D eigenvalue weighted by molar-refractivity contribution is -0.138. The molecule has 1 atom stereocenters. The van der Waals surface area contributed by atoms with Crippen LogP contribution < -0.4 is 5.32 Å². The van der Waals surface area contributed by atoms with Gasteiger partial charge in [0.2, 0.25) is 0 Å². The molecule has 1 aromatic carbocycles. The van der Waals surface area contributed by atoms with Gasteiger partial charge in [-0.1, -0.05) is 38.0 Å². The predicted molar refractivity (Wildman–Crippen MR) is 172 cm³/mol. The molecule has 10 heteroatoms. The van der Waals surface area contributed by atoms with Gasteiger partial charge in [0.1, 0.15) is 23.9 Å². The second-order valence-electron chi connectivity index (χ2n) is 11.8. The molecule has 0 bridgehead atoms. The van der Waals surface area contributed by atoms with Gasteiger partial charge in [0.25, 0.3) is 6.01 Å². The average Bonchev–Trinajstić information content (AvgIpc) is 3.66. The number of carboxylic acids is 1. The molecule has 45 heavy (non-hydrogen) atoms. The number of halogens is 1. The summed E-state index contributed by atoms with van der Waals surface area (Å²) in [5, 5.41) is 11.3. The highest BCUT2D eigenvalue weighted by Gasteiger charge is 2.20. The summed E-state index contributed by atoms with van der Waals surface area (Å²) in [7, 11) is 2.11. The maximum Gasteiger partial charge on any atom is 0.303 e. The molecule has 9 nitrogen and oxygen atoms in total. The van der Waals surface area contributed by atoms with Crippen LogP contribution >= 0.6 is 0 Å². The summed E-state index contributed by atoms with van der Waals surface area (Å²) in [4.78, 5) is 38.6. The lowest BCUT2D eigenvalue weighted by Crippen LogP contribution is -2.32. The third-order valence-electron chi connectivity index (χ3n) is 8.24. The molecule has 1 saturated carbocycles. The third kappa shape index (κ3) is 10.2. The lowest BCUT2D eigenvalue weighted by Gasteiger charge is -2.21. The topological polar surface area (TPSA) is 122 Å². The SMILES string of the molecule is CC1CC(C=O)=CC=C1C1=CC=C(Nc2nc3ccc(C=O)cc3o2)C(F)=CC1.CN1CCOCC1.O=C(O)CC1CCCC1. The lowest BCUT2D eigenvalue weighted by atomic mass is 9.83.